The molecule has 0 aliphatic rings. The van der Waals surface area contributed by atoms with Crippen LogP contribution in [0.4, 0.5) is 0 Å². The molecule has 1 atom stereocenters. The molecule has 1 unspecified atom stereocenters. The Kier molecular flexibility index (Phi) is 7.42. The van der Waals surface area contributed by atoms with Crippen molar-refractivity contribution in [2.45, 2.75) is 24.7 Å². The molecule has 1 heterocycles. The summed E-state index contributed by atoms with van der Waals surface area (Å²) in [5, 5.41) is 11.3. The van der Waals surface area contributed by atoms with Crippen LogP contribution in [-0.2, 0) is 4.79 Å². The van der Waals surface area contributed by atoms with E-state index in [4.69, 9.17) is 9.47 Å². The van der Waals surface area contributed by atoms with Crippen molar-refractivity contribution in [2.75, 3.05) is 0 Å². The zero-order chi connectivity index (χ0) is 24.8. The molecule has 8 heteroatoms. The van der Waals surface area contributed by atoms with Gasteiger partial charge in [0.1, 0.15) is 17.2 Å². The average Bonchev–Trinajstić information content (AvgIpc) is 2.87. The van der Waals surface area contributed by atoms with Gasteiger partial charge in [-0.25, -0.2) is 4.98 Å². The van der Waals surface area contributed by atoms with Gasteiger partial charge in [-0.3, -0.25) is 9.59 Å². The number of nitrogens with zero attached hydrogens (tertiary/aromatic N) is 2. The van der Waals surface area contributed by atoms with Gasteiger partial charge in [-0.2, -0.15) is 4.73 Å². The highest BCUT2D eigenvalue weighted by Gasteiger charge is 2.19. The van der Waals surface area contributed by atoms with Crippen molar-refractivity contribution in [3.05, 3.63) is 113 Å². The molecule has 0 bridgehead atoms. The summed E-state index contributed by atoms with van der Waals surface area (Å²) in [6, 6.07) is 23.3. The molecule has 0 amide bonds. The minimum absolute atomic E-state index is 0.0680. The van der Waals surface area contributed by atoms with Crippen LogP contribution in [0.5, 0.6) is 17.2 Å². The van der Waals surface area contributed by atoms with Crippen LogP contribution >= 0.6 is 11.8 Å². The summed E-state index contributed by atoms with van der Waals surface area (Å²) in [5.74, 6) is 0.770. The Morgan fingerprint density at radius 3 is 2.37 bits per heavy atom. The lowest BCUT2D eigenvalue weighted by atomic mass is 10.0. The fourth-order valence-corrected chi connectivity index (χ4v) is 3.82. The highest BCUT2D eigenvalue weighted by atomic mass is 32.2. The van der Waals surface area contributed by atoms with E-state index in [1.807, 2.05) is 54.6 Å². The van der Waals surface area contributed by atoms with E-state index in [2.05, 4.69) is 4.98 Å². The molecule has 7 nitrogen and oxygen atoms in total. The van der Waals surface area contributed by atoms with Crippen molar-refractivity contribution < 1.29 is 23.8 Å². The van der Waals surface area contributed by atoms with E-state index >= 15 is 0 Å². The lowest BCUT2D eigenvalue weighted by Gasteiger charge is -2.13. The number of aryl methyl sites for hydroxylation is 1. The van der Waals surface area contributed by atoms with Gasteiger partial charge in [0, 0.05) is 11.8 Å². The topological polar surface area (TPSA) is 92.4 Å². The Morgan fingerprint density at radius 2 is 1.66 bits per heavy atom. The summed E-state index contributed by atoms with van der Waals surface area (Å²) in [7, 11) is 0. The number of rotatable bonds is 7. The van der Waals surface area contributed by atoms with Crippen LogP contribution in [0.25, 0.3) is 0 Å². The summed E-state index contributed by atoms with van der Waals surface area (Å²) < 4.78 is 12.0. The molecule has 0 saturated heterocycles. The molecule has 0 fully saturated rings. The second kappa shape index (κ2) is 10.8. The zero-order valence-electron chi connectivity index (χ0n) is 19.1. The van der Waals surface area contributed by atoms with Crippen LogP contribution in [0.1, 0.15) is 34.6 Å². The normalized spacial score (nSPS) is 11.5. The molecule has 0 radical (unpaired) electrons. The molecule has 0 saturated carbocycles. The first-order valence-electron chi connectivity index (χ1n) is 10.8. The molecular weight excluding hydrogens is 464 g/mol. The standard InChI is InChI=1S/C27H22N2O5S/c1-18-16-28-25(17-29(18)32)27(31)35-24-13-11-22(12-14-24)34-26(30)19(2)20-7-6-10-23(15-20)33-21-8-4-3-5-9-21/h3-17,19H,1-2H3. The van der Waals surface area contributed by atoms with Crippen molar-refractivity contribution in [1.29, 1.82) is 0 Å². The molecule has 0 aliphatic carbocycles. The Labute approximate surface area is 206 Å². The molecule has 0 spiro atoms. The minimum atomic E-state index is -0.517. The maximum absolute atomic E-state index is 12.7. The van der Waals surface area contributed by atoms with Crippen LogP contribution < -0.4 is 14.2 Å². The molecule has 35 heavy (non-hydrogen) atoms. The molecular formula is C27H22N2O5S. The molecule has 4 aromatic rings. The lowest BCUT2D eigenvalue weighted by molar-refractivity contribution is -0.613. The zero-order valence-corrected chi connectivity index (χ0v) is 19.9. The van der Waals surface area contributed by atoms with Crippen molar-refractivity contribution in [3.63, 3.8) is 0 Å². The Balaban J connectivity index is 1.37. The summed E-state index contributed by atoms with van der Waals surface area (Å²) in [4.78, 5) is 29.7. The molecule has 3 aromatic carbocycles. The third-order valence-corrected chi connectivity index (χ3v) is 6.03. The minimum Gasteiger partial charge on any atom is -0.618 e. The van der Waals surface area contributed by atoms with E-state index in [0.717, 1.165) is 23.5 Å². The number of hydrogen-bond donors (Lipinski definition) is 0. The summed E-state index contributed by atoms with van der Waals surface area (Å²) >= 11 is 0.936. The van der Waals surface area contributed by atoms with E-state index in [1.165, 1.54) is 6.20 Å². The number of benzene rings is 3. The van der Waals surface area contributed by atoms with Gasteiger partial charge < -0.3 is 14.7 Å². The molecule has 1 aromatic heterocycles. The fourth-order valence-electron chi connectivity index (χ4n) is 3.12. The summed E-state index contributed by atoms with van der Waals surface area (Å²) in [6.45, 7) is 3.38. The molecule has 0 N–H and O–H groups in total. The highest BCUT2D eigenvalue weighted by molar-refractivity contribution is 8.14. The van der Waals surface area contributed by atoms with E-state index in [0.29, 0.717) is 32.6 Å². The number of para-hydroxylation sites is 1. The first-order chi connectivity index (χ1) is 16.9. The summed E-state index contributed by atoms with van der Waals surface area (Å²) in [6.07, 6.45) is 2.51. The van der Waals surface area contributed by atoms with Gasteiger partial charge in [-0.15, -0.1) is 0 Å². The van der Waals surface area contributed by atoms with E-state index in [9.17, 15) is 14.8 Å². The number of ether oxygens (including phenoxy) is 2. The maximum Gasteiger partial charge on any atom is 0.318 e. The molecule has 176 valence electrons. The Bertz CT molecular complexity index is 1340. The van der Waals surface area contributed by atoms with Crippen LogP contribution in [0, 0.1) is 12.1 Å². The third-order valence-electron chi connectivity index (χ3n) is 5.13. The Hall–Kier alpha value is -4.17. The van der Waals surface area contributed by atoms with Gasteiger partial charge in [0.05, 0.1) is 12.1 Å². The van der Waals surface area contributed by atoms with Crippen LogP contribution in [-0.4, -0.2) is 16.1 Å². The maximum atomic E-state index is 12.7. The van der Waals surface area contributed by atoms with Crippen molar-refractivity contribution in [1.82, 2.24) is 4.98 Å². The lowest BCUT2D eigenvalue weighted by Crippen LogP contribution is -2.31. The number of thioether (sulfide) groups is 1. The van der Waals surface area contributed by atoms with Gasteiger partial charge in [0.15, 0.2) is 5.69 Å². The molecule has 4 rings (SSSR count). The highest BCUT2D eigenvalue weighted by Crippen LogP contribution is 2.28. The van der Waals surface area contributed by atoms with Crippen molar-refractivity contribution in [2.24, 2.45) is 0 Å². The number of hydrogen-bond acceptors (Lipinski definition) is 7. The second-order valence-corrected chi connectivity index (χ2v) is 8.78. The monoisotopic (exact) mass is 486 g/mol. The summed E-state index contributed by atoms with van der Waals surface area (Å²) in [5.41, 5.74) is 1.24. The van der Waals surface area contributed by atoms with Gasteiger partial charge in [0.25, 0.3) is 0 Å². The number of carbonyl (C=O) groups excluding carboxylic acids is 2. The fraction of sp³-hybridized carbons (Fsp3) is 0.111. The SMILES string of the molecule is Cc1cnc(C(=O)Sc2ccc(OC(=O)C(C)c3cccc(Oc4ccccc4)c3)cc2)c[n+]1[O-]. The number of aromatic nitrogens is 2. The van der Waals surface area contributed by atoms with Gasteiger partial charge >= 0.3 is 5.97 Å². The number of carbonyl (C=O) groups is 2. The van der Waals surface area contributed by atoms with Gasteiger partial charge in [0.2, 0.25) is 17.0 Å². The third kappa shape index (κ3) is 6.24. The van der Waals surface area contributed by atoms with E-state index in [1.54, 1.807) is 38.1 Å². The average molecular weight is 487 g/mol. The van der Waals surface area contributed by atoms with E-state index < -0.39 is 11.9 Å². The van der Waals surface area contributed by atoms with Gasteiger partial charge in [-0.1, -0.05) is 30.3 Å². The predicted molar refractivity (Wildman–Crippen MR) is 132 cm³/mol. The quantitative estimate of drug-likeness (QED) is 0.113. The predicted octanol–water partition coefficient (Wildman–Crippen LogP) is 5.46. The first kappa shape index (κ1) is 24.0. The van der Waals surface area contributed by atoms with Crippen LogP contribution in [0.3, 0.4) is 0 Å². The molecule has 0 aliphatic heterocycles. The van der Waals surface area contributed by atoms with Crippen LogP contribution in [0.15, 0.2) is 96.2 Å². The smallest absolute Gasteiger partial charge is 0.318 e. The van der Waals surface area contributed by atoms with Crippen LogP contribution in [0.2, 0.25) is 0 Å². The van der Waals surface area contributed by atoms with Crippen molar-refractivity contribution >= 4 is 22.8 Å². The van der Waals surface area contributed by atoms with Crippen molar-refractivity contribution in [3.8, 4) is 17.2 Å². The van der Waals surface area contributed by atoms with Gasteiger partial charge in [-0.05, 0) is 72.8 Å². The van der Waals surface area contributed by atoms with E-state index in [-0.39, 0.29) is 10.8 Å². The second-order valence-electron chi connectivity index (χ2n) is 7.73. The Morgan fingerprint density at radius 1 is 0.943 bits per heavy atom. The first-order valence-corrected chi connectivity index (χ1v) is 11.6. The largest absolute Gasteiger partial charge is 0.618 e. The number of esters is 1.